The van der Waals surface area contributed by atoms with Crippen LogP contribution in [0.5, 0.6) is 0 Å². The second kappa shape index (κ2) is 6.18. The van der Waals surface area contributed by atoms with Gasteiger partial charge < -0.3 is 14.8 Å². The summed E-state index contributed by atoms with van der Waals surface area (Å²) in [5.74, 6) is 1.16. The molecule has 1 aromatic heterocycles. The zero-order chi connectivity index (χ0) is 15.5. The van der Waals surface area contributed by atoms with Gasteiger partial charge in [0.1, 0.15) is 5.76 Å². The van der Waals surface area contributed by atoms with Crippen molar-refractivity contribution in [3.8, 4) is 0 Å². The second-order valence-corrected chi connectivity index (χ2v) is 7.11. The van der Waals surface area contributed by atoms with Gasteiger partial charge in [-0.15, -0.1) is 0 Å². The summed E-state index contributed by atoms with van der Waals surface area (Å²) in [7, 11) is 0. The molecular weight excluding hydrogens is 268 g/mol. The molecule has 1 aliphatic carbocycles. The number of oxazole rings is 1. The summed E-state index contributed by atoms with van der Waals surface area (Å²) in [6, 6.07) is 0. The molecule has 1 aliphatic rings. The Morgan fingerprint density at radius 1 is 1.38 bits per heavy atom. The van der Waals surface area contributed by atoms with E-state index in [1.54, 1.807) is 6.20 Å². The molecular formula is C16H26N2O3. The topological polar surface area (TPSA) is 75.4 Å². The lowest BCUT2D eigenvalue weighted by molar-refractivity contribution is -0.127. The van der Waals surface area contributed by atoms with Crippen LogP contribution in [0.15, 0.2) is 10.6 Å². The number of hydrogen-bond acceptors (Lipinski definition) is 4. The summed E-state index contributed by atoms with van der Waals surface area (Å²) < 4.78 is 5.63. The Bertz CT molecular complexity index is 482. The largest absolute Gasteiger partial charge is 0.443 e. The van der Waals surface area contributed by atoms with Crippen molar-refractivity contribution < 1.29 is 14.3 Å². The fourth-order valence-electron chi connectivity index (χ4n) is 2.66. The van der Waals surface area contributed by atoms with Gasteiger partial charge in [-0.3, -0.25) is 4.79 Å². The molecule has 2 rings (SSSR count). The van der Waals surface area contributed by atoms with E-state index < -0.39 is 5.60 Å². The normalized spacial score (nSPS) is 18.5. The molecule has 2 N–H and O–H groups in total. The third kappa shape index (κ3) is 4.56. The van der Waals surface area contributed by atoms with Crippen LogP contribution in [-0.4, -0.2) is 21.6 Å². The monoisotopic (exact) mass is 294 g/mol. The van der Waals surface area contributed by atoms with Gasteiger partial charge in [-0.2, -0.15) is 0 Å². The zero-order valence-electron chi connectivity index (χ0n) is 13.2. The first-order chi connectivity index (χ1) is 9.78. The first-order valence-corrected chi connectivity index (χ1v) is 7.73. The van der Waals surface area contributed by atoms with E-state index in [0.29, 0.717) is 18.7 Å². The van der Waals surface area contributed by atoms with Crippen LogP contribution in [-0.2, 0) is 16.8 Å². The van der Waals surface area contributed by atoms with Gasteiger partial charge in [-0.05, 0) is 12.8 Å². The smallest absolute Gasteiger partial charge is 0.223 e. The molecule has 118 valence electrons. The van der Waals surface area contributed by atoms with E-state index in [1.165, 1.54) is 0 Å². The Kier molecular flexibility index (Phi) is 4.71. The minimum Gasteiger partial charge on any atom is -0.443 e. The second-order valence-electron chi connectivity index (χ2n) is 7.11. The van der Waals surface area contributed by atoms with Crippen molar-refractivity contribution in [2.45, 2.75) is 76.9 Å². The van der Waals surface area contributed by atoms with Gasteiger partial charge in [0.2, 0.25) is 11.8 Å². The zero-order valence-corrected chi connectivity index (χ0v) is 13.2. The molecule has 5 heteroatoms. The molecule has 1 saturated carbocycles. The minimum absolute atomic E-state index is 0.0908. The third-order valence-corrected chi connectivity index (χ3v) is 4.00. The molecule has 1 fully saturated rings. The van der Waals surface area contributed by atoms with Crippen molar-refractivity contribution >= 4 is 5.91 Å². The molecule has 0 unspecified atom stereocenters. The van der Waals surface area contributed by atoms with Crippen molar-refractivity contribution in [2.75, 3.05) is 0 Å². The van der Waals surface area contributed by atoms with Crippen molar-refractivity contribution in [2.24, 2.45) is 0 Å². The van der Waals surface area contributed by atoms with E-state index in [0.717, 1.165) is 25.0 Å². The SMILES string of the molecule is CC(C)(C)c1cnc(CNC(=O)CC2(O)CCCCC2)o1. The van der Waals surface area contributed by atoms with Crippen LogP contribution in [0.2, 0.25) is 0 Å². The van der Waals surface area contributed by atoms with E-state index in [4.69, 9.17) is 4.42 Å². The predicted octanol–water partition coefficient (Wildman–Crippen LogP) is 2.67. The van der Waals surface area contributed by atoms with Crippen molar-refractivity contribution in [1.82, 2.24) is 10.3 Å². The number of amides is 1. The summed E-state index contributed by atoms with van der Waals surface area (Å²) in [4.78, 5) is 16.1. The van der Waals surface area contributed by atoms with Gasteiger partial charge in [-0.1, -0.05) is 40.0 Å². The summed E-state index contributed by atoms with van der Waals surface area (Å²) in [6.45, 7) is 6.42. The van der Waals surface area contributed by atoms with Crippen LogP contribution in [0.25, 0.3) is 0 Å². The maximum Gasteiger partial charge on any atom is 0.223 e. The van der Waals surface area contributed by atoms with Crippen LogP contribution in [0.1, 0.15) is 70.9 Å². The Balaban J connectivity index is 1.82. The van der Waals surface area contributed by atoms with Gasteiger partial charge in [0.25, 0.3) is 0 Å². The van der Waals surface area contributed by atoms with E-state index in [-0.39, 0.29) is 24.3 Å². The van der Waals surface area contributed by atoms with E-state index >= 15 is 0 Å². The molecule has 0 bridgehead atoms. The first-order valence-electron chi connectivity index (χ1n) is 7.73. The molecule has 0 saturated heterocycles. The van der Waals surface area contributed by atoms with Crippen LogP contribution in [0.4, 0.5) is 0 Å². The Labute approximate surface area is 126 Å². The molecule has 1 aromatic rings. The third-order valence-electron chi connectivity index (χ3n) is 4.00. The highest BCUT2D eigenvalue weighted by molar-refractivity contribution is 5.76. The lowest BCUT2D eigenvalue weighted by atomic mass is 9.82. The van der Waals surface area contributed by atoms with Gasteiger partial charge >= 0.3 is 0 Å². The van der Waals surface area contributed by atoms with Gasteiger partial charge in [-0.25, -0.2) is 4.98 Å². The van der Waals surface area contributed by atoms with Crippen molar-refractivity contribution in [1.29, 1.82) is 0 Å². The molecule has 0 atom stereocenters. The number of nitrogens with one attached hydrogen (secondary N) is 1. The molecule has 0 aromatic carbocycles. The van der Waals surface area contributed by atoms with Crippen molar-refractivity contribution in [3.63, 3.8) is 0 Å². The summed E-state index contributed by atoms with van der Waals surface area (Å²) in [6.07, 6.45) is 6.45. The number of carbonyl (C=O) groups is 1. The van der Waals surface area contributed by atoms with Gasteiger partial charge in [0, 0.05) is 5.41 Å². The molecule has 0 spiro atoms. The Hall–Kier alpha value is -1.36. The van der Waals surface area contributed by atoms with Crippen LogP contribution in [0, 0.1) is 0 Å². The molecule has 1 heterocycles. The molecule has 5 nitrogen and oxygen atoms in total. The number of carbonyl (C=O) groups excluding carboxylic acids is 1. The highest BCUT2D eigenvalue weighted by atomic mass is 16.4. The fourth-order valence-corrected chi connectivity index (χ4v) is 2.66. The predicted molar refractivity (Wildman–Crippen MR) is 79.7 cm³/mol. The molecule has 0 aliphatic heterocycles. The van der Waals surface area contributed by atoms with Gasteiger partial charge in [0.15, 0.2) is 0 Å². The molecule has 1 amide bonds. The van der Waals surface area contributed by atoms with Crippen LogP contribution in [0.3, 0.4) is 0 Å². The number of rotatable bonds is 4. The number of nitrogens with zero attached hydrogens (tertiary/aromatic N) is 1. The highest BCUT2D eigenvalue weighted by Gasteiger charge is 2.31. The minimum atomic E-state index is -0.824. The average Bonchev–Trinajstić information content (AvgIpc) is 2.85. The maximum atomic E-state index is 12.0. The average molecular weight is 294 g/mol. The highest BCUT2D eigenvalue weighted by Crippen LogP contribution is 2.30. The summed E-state index contributed by atoms with van der Waals surface area (Å²) in [5.41, 5.74) is -0.915. The Morgan fingerprint density at radius 3 is 2.62 bits per heavy atom. The Morgan fingerprint density at radius 2 is 2.05 bits per heavy atom. The quantitative estimate of drug-likeness (QED) is 0.895. The number of hydrogen-bond donors (Lipinski definition) is 2. The molecule has 0 radical (unpaired) electrons. The number of aromatic nitrogens is 1. The number of aliphatic hydroxyl groups is 1. The van der Waals surface area contributed by atoms with Gasteiger partial charge in [0.05, 0.1) is 24.8 Å². The summed E-state index contributed by atoms with van der Waals surface area (Å²) in [5, 5.41) is 13.1. The first kappa shape index (κ1) is 16.0. The maximum absolute atomic E-state index is 12.0. The lowest BCUT2D eigenvalue weighted by Gasteiger charge is -2.31. The van der Waals surface area contributed by atoms with E-state index in [2.05, 4.69) is 31.1 Å². The van der Waals surface area contributed by atoms with Crippen LogP contribution >= 0.6 is 0 Å². The van der Waals surface area contributed by atoms with Crippen LogP contribution < -0.4 is 5.32 Å². The summed E-state index contributed by atoms with van der Waals surface area (Å²) >= 11 is 0. The molecule has 21 heavy (non-hydrogen) atoms. The standard InChI is InChI=1S/C16H26N2O3/c1-15(2,3)12-10-18-14(21-12)11-17-13(19)9-16(20)7-5-4-6-8-16/h10,20H,4-9,11H2,1-3H3,(H,17,19). The van der Waals surface area contributed by atoms with Crippen molar-refractivity contribution in [3.05, 3.63) is 17.8 Å². The fraction of sp³-hybridized carbons (Fsp3) is 0.750. The van der Waals surface area contributed by atoms with E-state index in [9.17, 15) is 9.90 Å². The van der Waals surface area contributed by atoms with E-state index in [1.807, 2.05) is 0 Å². The lowest BCUT2D eigenvalue weighted by Crippen LogP contribution is -2.38.